The summed E-state index contributed by atoms with van der Waals surface area (Å²) in [6, 6.07) is 13.0. The molecule has 1 fully saturated rings. The Balaban J connectivity index is 0.907. The molecule has 3 N–H and O–H groups in total. The van der Waals surface area contributed by atoms with E-state index in [-0.39, 0.29) is 48.6 Å². The maximum absolute atomic E-state index is 13.2. The first kappa shape index (κ1) is 41.0. The van der Waals surface area contributed by atoms with Crippen LogP contribution in [0.25, 0.3) is 0 Å². The molecule has 2 aromatic rings. The van der Waals surface area contributed by atoms with Crippen LogP contribution in [-0.2, 0) is 49.4 Å². The standard InChI is InChI=1S/C37H48N4O12/c42-31(39-29-11-7-10-28-33(29)36(46)41(35(28)45)30-13-14-32(43)40-34(30)44)12-5-2-6-16-48-18-20-50-22-24-52-25-23-51-21-19-49-17-15-38-37(47)53-26-27-8-3-1-4-9-27/h1,3-4,7-11,30H,2,5-6,12-26H2,(H,38,47)(H,39,42)(H,40,43,44). The van der Waals surface area contributed by atoms with Gasteiger partial charge in [0, 0.05) is 26.0 Å². The van der Waals surface area contributed by atoms with Crippen LogP contribution in [0.5, 0.6) is 0 Å². The molecule has 1 atom stereocenters. The number of unbranched alkanes of at least 4 members (excludes halogenated alkanes) is 2. The van der Waals surface area contributed by atoms with Crippen LogP contribution >= 0.6 is 0 Å². The molecular formula is C37H48N4O12. The van der Waals surface area contributed by atoms with Gasteiger partial charge in [0.05, 0.1) is 76.3 Å². The van der Waals surface area contributed by atoms with E-state index in [9.17, 15) is 28.8 Å². The Morgan fingerprint density at radius 1 is 0.717 bits per heavy atom. The molecule has 2 aliphatic rings. The summed E-state index contributed by atoms with van der Waals surface area (Å²) < 4.78 is 32.5. The normalized spacial score (nSPS) is 15.3. The van der Waals surface area contributed by atoms with Crippen LogP contribution in [0.1, 0.15) is 64.8 Å². The van der Waals surface area contributed by atoms with Crippen molar-refractivity contribution in [2.75, 3.05) is 77.9 Å². The van der Waals surface area contributed by atoms with Gasteiger partial charge >= 0.3 is 6.09 Å². The molecule has 2 aromatic carbocycles. The molecule has 53 heavy (non-hydrogen) atoms. The molecule has 288 valence electrons. The first-order valence-corrected chi connectivity index (χ1v) is 17.8. The molecule has 2 heterocycles. The van der Waals surface area contributed by atoms with Crippen molar-refractivity contribution in [2.45, 2.75) is 51.2 Å². The third-order valence-electron chi connectivity index (χ3n) is 8.15. The van der Waals surface area contributed by atoms with Gasteiger partial charge in [-0.1, -0.05) is 42.8 Å². The number of alkyl carbamates (subject to hydrolysis) is 1. The number of fused-ring (bicyclic) bond motifs is 1. The van der Waals surface area contributed by atoms with E-state index in [1.165, 1.54) is 6.07 Å². The fourth-order valence-corrected chi connectivity index (χ4v) is 5.48. The largest absolute Gasteiger partial charge is 0.445 e. The number of carbonyl (C=O) groups excluding carboxylic acids is 6. The summed E-state index contributed by atoms with van der Waals surface area (Å²) in [6.07, 6.45) is 1.94. The molecule has 0 aliphatic carbocycles. The van der Waals surface area contributed by atoms with E-state index < -0.39 is 35.8 Å². The summed E-state index contributed by atoms with van der Waals surface area (Å²) >= 11 is 0. The Bertz CT molecular complexity index is 1520. The number of piperidine rings is 1. The van der Waals surface area contributed by atoms with Gasteiger partial charge in [-0.2, -0.15) is 0 Å². The number of hydrogen-bond donors (Lipinski definition) is 3. The zero-order chi connectivity index (χ0) is 37.7. The van der Waals surface area contributed by atoms with Gasteiger partial charge in [0.2, 0.25) is 17.7 Å². The molecule has 1 saturated heterocycles. The van der Waals surface area contributed by atoms with E-state index in [1.54, 1.807) is 12.1 Å². The Labute approximate surface area is 308 Å². The van der Waals surface area contributed by atoms with Crippen molar-refractivity contribution in [3.8, 4) is 0 Å². The van der Waals surface area contributed by atoms with Gasteiger partial charge in [0.25, 0.3) is 11.8 Å². The quantitative estimate of drug-likeness (QED) is 0.0996. The first-order valence-electron chi connectivity index (χ1n) is 17.8. The van der Waals surface area contributed by atoms with E-state index in [2.05, 4.69) is 16.0 Å². The van der Waals surface area contributed by atoms with Gasteiger partial charge in [-0.05, 0) is 37.0 Å². The van der Waals surface area contributed by atoms with Crippen molar-refractivity contribution in [3.05, 3.63) is 65.2 Å². The summed E-state index contributed by atoms with van der Waals surface area (Å²) in [4.78, 5) is 75.1. The molecule has 0 bridgehead atoms. The highest BCUT2D eigenvalue weighted by atomic mass is 16.6. The van der Waals surface area contributed by atoms with E-state index in [0.717, 1.165) is 23.3 Å². The van der Waals surface area contributed by atoms with Crippen LogP contribution in [0.3, 0.4) is 0 Å². The average Bonchev–Trinajstić information content (AvgIpc) is 3.41. The first-order chi connectivity index (χ1) is 25.8. The van der Waals surface area contributed by atoms with Crippen LogP contribution in [0, 0.1) is 0 Å². The second kappa shape index (κ2) is 23.0. The predicted octanol–water partition coefficient (Wildman–Crippen LogP) is 2.60. The fraction of sp³-hybridized carbons (Fsp3) is 0.514. The summed E-state index contributed by atoms with van der Waals surface area (Å²) in [5.41, 5.74) is 1.29. The highest BCUT2D eigenvalue weighted by Crippen LogP contribution is 2.32. The molecule has 0 aromatic heterocycles. The number of benzene rings is 2. The lowest BCUT2D eigenvalue weighted by Gasteiger charge is -2.27. The lowest BCUT2D eigenvalue weighted by Crippen LogP contribution is -2.54. The van der Waals surface area contributed by atoms with Gasteiger partial charge in [0.1, 0.15) is 12.6 Å². The SMILES string of the molecule is O=C1CCC(N2C(=O)c3cccc(NC(=O)CCCCCOCCOCCOCCOCCOCCNC(=O)OCc4ccccc4)c3C2=O)C(=O)N1. The maximum atomic E-state index is 13.2. The van der Waals surface area contributed by atoms with E-state index in [0.29, 0.717) is 79.0 Å². The van der Waals surface area contributed by atoms with Crippen molar-refractivity contribution < 1.29 is 57.2 Å². The summed E-state index contributed by atoms with van der Waals surface area (Å²) in [5, 5.41) is 7.52. The molecule has 16 heteroatoms. The lowest BCUT2D eigenvalue weighted by atomic mass is 10.0. The molecular weight excluding hydrogens is 692 g/mol. The molecule has 0 spiro atoms. The number of hydrogen-bond acceptors (Lipinski definition) is 12. The van der Waals surface area contributed by atoms with Gasteiger partial charge in [-0.3, -0.25) is 34.2 Å². The van der Waals surface area contributed by atoms with Crippen molar-refractivity contribution in [2.24, 2.45) is 0 Å². The van der Waals surface area contributed by atoms with Crippen LogP contribution in [-0.4, -0.2) is 119 Å². The van der Waals surface area contributed by atoms with Crippen LogP contribution < -0.4 is 16.0 Å². The second-order valence-electron chi connectivity index (χ2n) is 12.1. The third-order valence-corrected chi connectivity index (χ3v) is 8.15. The topological polar surface area (TPSA) is 197 Å². The highest BCUT2D eigenvalue weighted by molar-refractivity contribution is 6.26. The van der Waals surface area contributed by atoms with E-state index >= 15 is 0 Å². The number of carbonyl (C=O) groups is 6. The van der Waals surface area contributed by atoms with Crippen LogP contribution in [0.4, 0.5) is 10.5 Å². The molecule has 6 amide bonds. The molecule has 0 saturated carbocycles. The van der Waals surface area contributed by atoms with Gasteiger partial charge in [-0.15, -0.1) is 0 Å². The number of ether oxygens (including phenoxy) is 6. The van der Waals surface area contributed by atoms with E-state index in [4.69, 9.17) is 28.4 Å². The summed E-state index contributed by atoms with van der Waals surface area (Å²) in [7, 11) is 0. The molecule has 1 unspecified atom stereocenters. The van der Waals surface area contributed by atoms with Crippen LogP contribution in [0.2, 0.25) is 0 Å². The number of nitrogens with one attached hydrogen (secondary N) is 3. The number of imide groups is 2. The monoisotopic (exact) mass is 740 g/mol. The van der Waals surface area contributed by atoms with Gasteiger partial charge in [-0.25, -0.2) is 4.79 Å². The van der Waals surface area contributed by atoms with Gasteiger partial charge in [0.15, 0.2) is 0 Å². The zero-order valence-corrected chi connectivity index (χ0v) is 29.8. The van der Waals surface area contributed by atoms with E-state index in [1.807, 2.05) is 30.3 Å². The Hall–Kier alpha value is -4.74. The van der Waals surface area contributed by atoms with Gasteiger partial charge < -0.3 is 39.1 Å². The molecule has 0 radical (unpaired) electrons. The Kier molecular flexibility index (Phi) is 17.8. The van der Waals surface area contributed by atoms with Crippen molar-refractivity contribution in [3.63, 3.8) is 0 Å². The van der Waals surface area contributed by atoms with Crippen molar-refractivity contribution >= 4 is 41.3 Å². The average molecular weight is 741 g/mol. The Morgan fingerprint density at radius 2 is 1.36 bits per heavy atom. The highest BCUT2D eigenvalue weighted by Gasteiger charge is 2.45. The number of nitrogens with zero attached hydrogens (tertiary/aromatic N) is 1. The second-order valence-corrected chi connectivity index (χ2v) is 12.1. The molecule has 2 aliphatic heterocycles. The summed E-state index contributed by atoms with van der Waals surface area (Å²) in [5.74, 6) is -2.73. The number of rotatable bonds is 25. The minimum atomic E-state index is -1.08. The predicted molar refractivity (Wildman–Crippen MR) is 189 cm³/mol. The smallest absolute Gasteiger partial charge is 0.407 e. The molecule has 4 rings (SSSR count). The minimum absolute atomic E-state index is 0.0264. The minimum Gasteiger partial charge on any atom is -0.445 e. The van der Waals surface area contributed by atoms with Crippen molar-refractivity contribution in [1.29, 1.82) is 0 Å². The Morgan fingerprint density at radius 3 is 2.02 bits per heavy atom. The summed E-state index contributed by atoms with van der Waals surface area (Å²) in [6.45, 7) is 4.86. The lowest BCUT2D eigenvalue weighted by molar-refractivity contribution is -0.136. The maximum Gasteiger partial charge on any atom is 0.407 e. The molecule has 16 nitrogen and oxygen atoms in total. The number of amides is 6. The fourth-order valence-electron chi connectivity index (χ4n) is 5.48. The third kappa shape index (κ3) is 14.0. The van der Waals surface area contributed by atoms with Crippen molar-refractivity contribution in [1.82, 2.24) is 15.5 Å². The zero-order valence-electron chi connectivity index (χ0n) is 29.8. The number of anilines is 1. The van der Waals surface area contributed by atoms with Crippen LogP contribution in [0.15, 0.2) is 48.5 Å².